The average molecular weight is 137 g/mol. The quantitative estimate of drug-likeness (QED) is 0.614. The highest BCUT2D eigenvalue weighted by atomic mass is 15.1. The first-order valence-corrected chi connectivity index (χ1v) is 3.13. The van der Waals surface area contributed by atoms with E-state index in [0.29, 0.717) is 0 Å². The molecule has 0 amide bonds. The maximum atomic E-state index is 5.64. The van der Waals surface area contributed by atoms with Crippen molar-refractivity contribution in [2.75, 3.05) is 0 Å². The predicted octanol–water partition coefficient (Wildman–Crippen LogP) is 0.835. The molecular weight excluding hydrogens is 126 g/mol. The van der Waals surface area contributed by atoms with Crippen LogP contribution >= 0.6 is 0 Å². The van der Waals surface area contributed by atoms with Gasteiger partial charge in [-0.2, -0.15) is 0 Å². The van der Waals surface area contributed by atoms with Crippen molar-refractivity contribution in [2.24, 2.45) is 5.73 Å². The van der Waals surface area contributed by atoms with Gasteiger partial charge in [0.1, 0.15) is 12.0 Å². The lowest BCUT2D eigenvalue weighted by Gasteiger charge is -2.08. The van der Waals surface area contributed by atoms with E-state index in [9.17, 15) is 0 Å². The van der Waals surface area contributed by atoms with Gasteiger partial charge in [0, 0.05) is 12.4 Å². The van der Waals surface area contributed by atoms with E-state index in [-0.39, 0.29) is 6.17 Å². The number of rotatable bonds is 2. The van der Waals surface area contributed by atoms with E-state index in [0.717, 1.165) is 5.82 Å². The number of imidazole rings is 1. The second-order valence-corrected chi connectivity index (χ2v) is 2.11. The summed E-state index contributed by atoms with van der Waals surface area (Å²) in [5.41, 5.74) is 5.64. The zero-order valence-corrected chi connectivity index (χ0v) is 5.99. The minimum atomic E-state index is -0.150. The Labute approximate surface area is 60.2 Å². The Kier molecular flexibility index (Phi) is 1.87. The fourth-order valence-corrected chi connectivity index (χ4v) is 0.816. The lowest BCUT2D eigenvalue weighted by Crippen LogP contribution is -2.15. The van der Waals surface area contributed by atoms with E-state index in [2.05, 4.69) is 11.6 Å². The van der Waals surface area contributed by atoms with Crippen LogP contribution in [0.15, 0.2) is 25.0 Å². The molecule has 0 bridgehead atoms. The molecule has 0 aliphatic carbocycles. The lowest BCUT2D eigenvalue weighted by molar-refractivity contribution is 0.612. The summed E-state index contributed by atoms with van der Waals surface area (Å²) >= 11 is 0. The highest BCUT2D eigenvalue weighted by molar-refractivity contribution is 4.95. The topological polar surface area (TPSA) is 43.8 Å². The first-order valence-electron chi connectivity index (χ1n) is 3.13. The van der Waals surface area contributed by atoms with E-state index in [4.69, 9.17) is 5.73 Å². The summed E-state index contributed by atoms with van der Waals surface area (Å²) in [4.78, 5) is 4.02. The van der Waals surface area contributed by atoms with E-state index in [1.165, 1.54) is 0 Å². The highest BCUT2D eigenvalue weighted by Crippen LogP contribution is 2.02. The maximum absolute atomic E-state index is 5.64. The second kappa shape index (κ2) is 2.66. The third-order valence-electron chi connectivity index (χ3n) is 1.43. The monoisotopic (exact) mass is 137 g/mol. The molecule has 0 aromatic carbocycles. The molecule has 1 atom stereocenters. The molecule has 0 radical (unpaired) electrons. The molecule has 10 heavy (non-hydrogen) atoms. The van der Waals surface area contributed by atoms with Gasteiger partial charge in [0.15, 0.2) is 0 Å². The van der Waals surface area contributed by atoms with E-state index in [1.54, 1.807) is 12.3 Å². The molecule has 2 N–H and O–H groups in total. The SMILES string of the molecule is C=CC(N)n1ccnc1C. The zero-order chi connectivity index (χ0) is 7.56. The van der Waals surface area contributed by atoms with Crippen LogP contribution in [0.3, 0.4) is 0 Å². The molecule has 3 heteroatoms. The van der Waals surface area contributed by atoms with Gasteiger partial charge in [-0.3, -0.25) is 0 Å². The van der Waals surface area contributed by atoms with Crippen LogP contribution in [0.25, 0.3) is 0 Å². The Hall–Kier alpha value is -1.09. The van der Waals surface area contributed by atoms with E-state index >= 15 is 0 Å². The van der Waals surface area contributed by atoms with Gasteiger partial charge in [-0.15, -0.1) is 0 Å². The van der Waals surface area contributed by atoms with Gasteiger partial charge < -0.3 is 10.3 Å². The van der Waals surface area contributed by atoms with Crippen molar-refractivity contribution in [1.82, 2.24) is 9.55 Å². The molecule has 1 aromatic rings. The average Bonchev–Trinajstić information content (AvgIpc) is 2.34. The predicted molar refractivity (Wildman–Crippen MR) is 40.4 cm³/mol. The molecule has 0 aliphatic rings. The van der Waals surface area contributed by atoms with Gasteiger partial charge in [0.05, 0.1) is 0 Å². The Bertz CT molecular complexity index is 227. The molecule has 1 heterocycles. The van der Waals surface area contributed by atoms with Gasteiger partial charge in [-0.1, -0.05) is 12.7 Å². The van der Waals surface area contributed by atoms with Gasteiger partial charge in [-0.25, -0.2) is 4.98 Å². The molecule has 0 saturated heterocycles. The maximum Gasteiger partial charge on any atom is 0.107 e. The van der Waals surface area contributed by atoms with Crippen LogP contribution in [-0.2, 0) is 0 Å². The van der Waals surface area contributed by atoms with Gasteiger partial charge in [0.25, 0.3) is 0 Å². The minimum absolute atomic E-state index is 0.150. The normalized spacial score (nSPS) is 13.0. The summed E-state index contributed by atoms with van der Waals surface area (Å²) in [5.74, 6) is 0.910. The van der Waals surface area contributed by atoms with Crippen LogP contribution in [0.2, 0.25) is 0 Å². The minimum Gasteiger partial charge on any atom is -0.316 e. The zero-order valence-electron chi connectivity index (χ0n) is 5.99. The number of nitrogens with zero attached hydrogens (tertiary/aromatic N) is 2. The summed E-state index contributed by atoms with van der Waals surface area (Å²) in [6.45, 7) is 5.49. The van der Waals surface area contributed by atoms with E-state index in [1.807, 2.05) is 17.7 Å². The first-order chi connectivity index (χ1) is 4.75. The number of nitrogens with two attached hydrogens (primary N) is 1. The number of hydrogen-bond acceptors (Lipinski definition) is 2. The second-order valence-electron chi connectivity index (χ2n) is 2.11. The molecule has 0 aliphatic heterocycles. The molecular formula is C7H11N3. The number of aromatic nitrogens is 2. The van der Waals surface area contributed by atoms with Crippen molar-refractivity contribution in [3.05, 3.63) is 30.9 Å². The summed E-state index contributed by atoms with van der Waals surface area (Å²) in [5, 5.41) is 0. The summed E-state index contributed by atoms with van der Waals surface area (Å²) in [6, 6.07) is 0. The molecule has 0 spiro atoms. The summed E-state index contributed by atoms with van der Waals surface area (Å²) in [7, 11) is 0. The molecule has 54 valence electrons. The largest absolute Gasteiger partial charge is 0.316 e. The third kappa shape index (κ3) is 1.09. The van der Waals surface area contributed by atoms with Gasteiger partial charge in [-0.05, 0) is 6.92 Å². The Morgan fingerprint density at radius 1 is 1.90 bits per heavy atom. The van der Waals surface area contributed by atoms with Crippen LogP contribution in [0.5, 0.6) is 0 Å². The van der Waals surface area contributed by atoms with Gasteiger partial charge >= 0.3 is 0 Å². The van der Waals surface area contributed by atoms with Crippen LogP contribution in [0.1, 0.15) is 12.0 Å². The summed E-state index contributed by atoms with van der Waals surface area (Å²) < 4.78 is 1.85. The van der Waals surface area contributed by atoms with Gasteiger partial charge in [0.2, 0.25) is 0 Å². The molecule has 0 fully saturated rings. The van der Waals surface area contributed by atoms with Crippen molar-refractivity contribution in [3.8, 4) is 0 Å². The molecule has 1 unspecified atom stereocenters. The molecule has 1 aromatic heterocycles. The molecule has 0 saturated carbocycles. The van der Waals surface area contributed by atoms with Crippen molar-refractivity contribution in [1.29, 1.82) is 0 Å². The number of hydrogen-bond donors (Lipinski definition) is 1. The highest BCUT2D eigenvalue weighted by Gasteiger charge is 2.00. The third-order valence-corrected chi connectivity index (χ3v) is 1.43. The lowest BCUT2D eigenvalue weighted by atomic mass is 10.5. The fraction of sp³-hybridized carbons (Fsp3) is 0.286. The van der Waals surface area contributed by atoms with Crippen molar-refractivity contribution < 1.29 is 0 Å². The Morgan fingerprint density at radius 2 is 2.60 bits per heavy atom. The molecule has 1 rings (SSSR count). The first kappa shape index (κ1) is 7.02. The van der Waals surface area contributed by atoms with Crippen LogP contribution in [-0.4, -0.2) is 9.55 Å². The van der Waals surface area contributed by atoms with Crippen molar-refractivity contribution in [2.45, 2.75) is 13.1 Å². The van der Waals surface area contributed by atoms with Crippen LogP contribution < -0.4 is 5.73 Å². The van der Waals surface area contributed by atoms with Crippen LogP contribution in [0.4, 0.5) is 0 Å². The van der Waals surface area contributed by atoms with Crippen molar-refractivity contribution >= 4 is 0 Å². The van der Waals surface area contributed by atoms with E-state index < -0.39 is 0 Å². The Morgan fingerprint density at radius 3 is 3.00 bits per heavy atom. The smallest absolute Gasteiger partial charge is 0.107 e. The fourth-order valence-electron chi connectivity index (χ4n) is 0.816. The standard InChI is InChI=1S/C7H11N3/c1-3-7(8)10-5-4-9-6(10)2/h3-5,7H,1,8H2,2H3. The summed E-state index contributed by atoms with van der Waals surface area (Å²) in [6.07, 6.45) is 5.08. The molecule has 3 nitrogen and oxygen atoms in total. The number of aryl methyl sites for hydroxylation is 1. The van der Waals surface area contributed by atoms with Crippen molar-refractivity contribution in [3.63, 3.8) is 0 Å². The Balaban J connectivity index is 2.92. The van der Waals surface area contributed by atoms with Crippen LogP contribution in [0, 0.1) is 6.92 Å².